The van der Waals surface area contributed by atoms with Crippen LogP contribution in [0.1, 0.15) is 57.0 Å². The molecule has 1 aliphatic rings. The molecular formula is C18H21N3O5S. The number of amides is 1. The first-order chi connectivity index (χ1) is 13.0. The van der Waals surface area contributed by atoms with Gasteiger partial charge in [-0.3, -0.25) is 9.48 Å². The van der Waals surface area contributed by atoms with Crippen molar-refractivity contribution in [2.45, 2.75) is 45.1 Å². The molecule has 3 rings (SSSR count). The van der Waals surface area contributed by atoms with Crippen LogP contribution in [0.15, 0.2) is 12.3 Å². The van der Waals surface area contributed by atoms with Gasteiger partial charge in [0.2, 0.25) is 5.91 Å². The number of carboxylic acids is 1. The van der Waals surface area contributed by atoms with Gasteiger partial charge in [0.15, 0.2) is 0 Å². The molecule has 144 valence electrons. The second-order valence-corrected chi connectivity index (χ2v) is 7.41. The third-order valence-electron chi connectivity index (χ3n) is 4.55. The van der Waals surface area contributed by atoms with Gasteiger partial charge in [-0.25, -0.2) is 9.59 Å². The van der Waals surface area contributed by atoms with Crippen LogP contribution in [0.2, 0.25) is 0 Å². The van der Waals surface area contributed by atoms with Crippen molar-refractivity contribution in [1.29, 1.82) is 0 Å². The molecule has 0 unspecified atom stereocenters. The number of carbonyl (C=O) groups is 3. The number of hydrogen-bond donors (Lipinski definition) is 2. The standard InChI is InChI=1S/C18H21N3O5S/c1-26-18(25)15-11-5-3-2-4-6-13(11)27-16(15)20-14(22)8-10-21-12(17(23)24)7-9-19-21/h7,9H,2-6,8,10H2,1H3,(H,20,22)(H,23,24). The lowest BCUT2D eigenvalue weighted by atomic mass is 10.1. The van der Waals surface area contributed by atoms with E-state index < -0.39 is 11.9 Å². The maximum absolute atomic E-state index is 12.4. The van der Waals surface area contributed by atoms with Crippen LogP contribution < -0.4 is 5.32 Å². The number of hydrogen-bond acceptors (Lipinski definition) is 6. The summed E-state index contributed by atoms with van der Waals surface area (Å²) in [6.45, 7) is 0.138. The Kier molecular flexibility index (Phi) is 5.90. The van der Waals surface area contributed by atoms with E-state index in [0.717, 1.165) is 42.5 Å². The summed E-state index contributed by atoms with van der Waals surface area (Å²) in [5, 5.41) is 16.3. The van der Waals surface area contributed by atoms with E-state index in [-0.39, 0.29) is 24.6 Å². The maximum Gasteiger partial charge on any atom is 0.354 e. The summed E-state index contributed by atoms with van der Waals surface area (Å²) in [4.78, 5) is 36.9. The predicted molar refractivity (Wildman–Crippen MR) is 99.4 cm³/mol. The molecule has 27 heavy (non-hydrogen) atoms. The number of esters is 1. The highest BCUT2D eigenvalue weighted by Gasteiger charge is 2.26. The molecular weight excluding hydrogens is 370 g/mol. The van der Waals surface area contributed by atoms with E-state index in [1.165, 1.54) is 35.4 Å². The molecule has 8 nitrogen and oxygen atoms in total. The summed E-state index contributed by atoms with van der Waals surface area (Å²) in [6.07, 6.45) is 6.34. The molecule has 0 saturated carbocycles. The molecule has 1 amide bonds. The van der Waals surface area contributed by atoms with Gasteiger partial charge < -0.3 is 15.2 Å². The SMILES string of the molecule is COC(=O)c1c(NC(=O)CCn2nccc2C(=O)O)sc2c1CCCCC2. The van der Waals surface area contributed by atoms with Crippen LogP contribution in [0.5, 0.6) is 0 Å². The van der Waals surface area contributed by atoms with Crippen molar-refractivity contribution in [1.82, 2.24) is 9.78 Å². The number of carbonyl (C=O) groups excluding carboxylic acids is 2. The van der Waals surface area contributed by atoms with Crippen LogP contribution in [0.3, 0.4) is 0 Å². The number of aromatic carboxylic acids is 1. The van der Waals surface area contributed by atoms with Gasteiger partial charge in [0, 0.05) is 17.5 Å². The second kappa shape index (κ2) is 8.34. The fourth-order valence-corrected chi connectivity index (χ4v) is 4.53. The Hall–Kier alpha value is -2.68. The van der Waals surface area contributed by atoms with E-state index in [9.17, 15) is 14.4 Å². The summed E-state index contributed by atoms with van der Waals surface area (Å²) in [5.74, 6) is -1.84. The first-order valence-electron chi connectivity index (χ1n) is 8.79. The molecule has 0 radical (unpaired) electrons. The molecule has 0 bridgehead atoms. The zero-order chi connectivity index (χ0) is 19.4. The number of aromatic nitrogens is 2. The average molecular weight is 391 g/mol. The number of methoxy groups -OCH3 is 1. The molecule has 0 atom stereocenters. The Labute approximate surface area is 160 Å². The highest BCUT2D eigenvalue weighted by atomic mass is 32.1. The van der Waals surface area contributed by atoms with E-state index in [1.54, 1.807) is 0 Å². The Balaban J connectivity index is 1.74. The second-order valence-electron chi connectivity index (χ2n) is 6.30. The smallest absolute Gasteiger partial charge is 0.354 e. The topological polar surface area (TPSA) is 111 Å². The first kappa shape index (κ1) is 19.1. The van der Waals surface area contributed by atoms with Gasteiger partial charge in [0.1, 0.15) is 10.7 Å². The molecule has 2 heterocycles. The molecule has 2 aromatic rings. The van der Waals surface area contributed by atoms with Crippen LogP contribution in [-0.4, -0.2) is 39.8 Å². The normalized spacial score (nSPS) is 13.5. The number of ether oxygens (including phenoxy) is 1. The Bertz CT molecular complexity index is 870. The lowest BCUT2D eigenvalue weighted by Crippen LogP contribution is -2.18. The lowest BCUT2D eigenvalue weighted by Gasteiger charge is -2.08. The van der Waals surface area contributed by atoms with E-state index in [2.05, 4.69) is 10.4 Å². The first-order valence-corrected chi connectivity index (χ1v) is 9.60. The number of nitrogens with one attached hydrogen (secondary N) is 1. The fraction of sp³-hybridized carbons (Fsp3) is 0.444. The largest absolute Gasteiger partial charge is 0.477 e. The molecule has 0 aliphatic heterocycles. The zero-order valence-corrected chi connectivity index (χ0v) is 15.8. The van der Waals surface area contributed by atoms with Crippen molar-refractivity contribution in [2.75, 3.05) is 12.4 Å². The maximum atomic E-state index is 12.4. The van der Waals surface area contributed by atoms with Crippen LogP contribution in [0, 0.1) is 0 Å². The molecule has 0 spiro atoms. The summed E-state index contributed by atoms with van der Waals surface area (Å²) < 4.78 is 6.19. The van der Waals surface area contributed by atoms with E-state index >= 15 is 0 Å². The molecule has 1 aliphatic carbocycles. The van der Waals surface area contributed by atoms with Gasteiger partial charge in [-0.05, 0) is 37.3 Å². The van der Waals surface area contributed by atoms with Crippen LogP contribution >= 0.6 is 11.3 Å². The Morgan fingerprint density at radius 2 is 2.07 bits per heavy atom. The van der Waals surface area contributed by atoms with Crippen molar-refractivity contribution in [3.05, 3.63) is 34.0 Å². The van der Waals surface area contributed by atoms with E-state index in [4.69, 9.17) is 9.84 Å². The number of aryl methyl sites for hydroxylation is 2. The summed E-state index contributed by atoms with van der Waals surface area (Å²) >= 11 is 1.43. The van der Waals surface area contributed by atoms with Gasteiger partial charge >= 0.3 is 11.9 Å². The lowest BCUT2D eigenvalue weighted by molar-refractivity contribution is -0.116. The zero-order valence-electron chi connectivity index (χ0n) is 15.0. The molecule has 0 saturated heterocycles. The van der Waals surface area contributed by atoms with Gasteiger partial charge in [0.05, 0.1) is 19.2 Å². The van der Waals surface area contributed by atoms with Crippen molar-refractivity contribution in [3.8, 4) is 0 Å². The minimum Gasteiger partial charge on any atom is -0.477 e. The highest BCUT2D eigenvalue weighted by Crippen LogP contribution is 2.38. The van der Waals surface area contributed by atoms with E-state index in [1.807, 2.05) is 0 Å². The summed E-state index contributed by atoms with van der Waals surface area (Å²) in [5.41, 5.74) is 1.47. The number of rotatable bonds is 6. The van der Waals surface area contributed by atoms with Gasteiger partial charge in [-0.15, -0.1) is 11.3 Å². The van der Waals surface area contributed by atoms with Crippen molar-refractivity contribution >= 4 is 34.2 Å². The minimum absolute atomic E-state index is 0.0286. The van der Waals surface area contributed by atoms with Crippen LogP contribution in [-0.2, 0) is 28.9 Å². The summed E-state index contributed by atoms with van der Waals surface area (Å²) in [7, 11) is 1.33. The van der Waals surface area contributed by atoms with E-state index in [0.29, 0.717) is 10.6 Å². The highest BCUT2D eigenvalue weighted by molar-refractivity contribution is 7.17. The summed E-state index contributed by atoms with van der Waals surface area (Å²) in [6, 6.07) is 1.38. The molecule has 0 aromatic carbocycles. The number of nitrogens with zero attached hydrogens (tertiary/aromatic N) is 2. The van der Waals surface area contributed by atoms with Crippen LogP contribution in [0.25, 0.3) is 0 Å². The van der Waals surface area contributed by atoms with Gasteiger partial charge in [-0.2, -0.15) is 5.10 Å². The number of thiophene rings is 1. The van der Waals surface area contributed by atoms with Gasteiger partial charge in [-0.1, -0.05) is 6.42 Å². The van der Waals surface area contributed by atoms with Crippen molar-refractivity contribution < 1.29 is 24.2 Å². The fourth-order valence-electron chi connectivity index (χ4n) is 3.24. The quantitative estimate of drug-likeness (QED) is 0.579. The third-order valence-corrected chi connectivity index (χ3v) is 5.76. The van der Waals surface area contributed by atoms with Gasteiger partial charge in [0.25, 0.3) is 0 Å². The van der Waals surface area contributed by atoms with Crippen molar-refractivity contribution in [3.63, 3.8) is 0 Å². The number of fused-ring (bicyclic) bond motifs is 1. The van der Waals surface area contributed by atoms with Crippen molar-refractivity contribution in [2.24, 2.45) is 0 Å². The third kappa shape index (κ3) is 4.19. The monoisotopic (exact) mass is 391 g/mol. The average Bonchev–Trinajstić information content (AvgIpc) is 3.18. The molecule has 2 aromatic heterocycles. The molecule has 0 fully saturated rings. The predicted octanol–water partition coefficient (Wildman–Crippen LogP) is 2.73. The number of carboxylic acid groups (broad SMARTS) is 1. The Morgan fingerprint density at radius 3 is 2.81 bits per heavy atom. The van der Waals surface area contributed by atoms with Crippen LogP contribution in [0.4, 0.5) is 5.00 Å². The number of anilines is 1. The molecule has 2 N–H and O–H groups in total. The Morgan fingerprint density at radius 1 is 1.30 bits per heavy atom. The minimum atomic E-state index is -1.09. The molecule has 9 heteroatoms.